The quantitative estimate of drug-likeness (QED) is 0.634. The summed E-state index contributed by atoms with van der Waals surface area (Å²) in [6.07, 6.45) is 1.57. The fourth-order valence-electron chi connectivity index (χ4n) is 2.32. The van der Waals surface area contributed by atoms with Crippen molar-refractivity contribution in [3.05, 3.63) is 41.9 Å². The third-order valence-corrected chi connectivity index (χ3v) is 3.65. The van der Waals surface area contributed by atoms with Crippen LogP contribution in [0, 0.1) is 0 Å². The molecule has 0 aliphatic carbocycles. The van der Waals surface area contributed by atoms with E-state index in [0.29, 0.717) is 54.9 Å². The van der Waals surface area contributed by atoms with E-state index in [9.17, 15) is 4.79 Å². The van der Waals surface area contributed by atoms with E-state index in [4.69, 9.17) is 30.8 Å². The number of ether oxygens (including phenoxy) is 3. The first kappa shape index (κ1) is 20.6. The molecular weight excluding hydrogens is 368 g/mol. The molecular formula is C19H24N2O5S. The van der Waals surface area contributed by atoms with E-state index < -0.39 is 0 Å². The second kappa shape index (κ2) is 10.4. The lowest BCUT2D eigenvalue weighted by atomic mass is 10.1. The van der Waals surface area contributed by atoms with Crippen LogP contribution in [0.15, 0.2) is 34.9 Å². The van der Waals surface area contributed by atoms with Crippen LogP contribution in [0.3, 0.4) is 0 Å². The number of hydrogen-bond acceptors (Lipinski definition) is 6. The molecule has 0 radical (unpaired) electrons. The van der Waals surface area contributed by atoms with Crippen LogP contribution in [0.5, 0.6) is 17.2 Å². The summed E-state index contributed by atoms with van der Waals surface area (Å²) in [6, 6.07) is 6.82. The molecule has 0 saturated heterocycles. The summed E-state index contributed by atoms with van der Waals surface area (Å²) >= 11 is 5.17. The molecule has 7 nitrogen and oxygen atoms in total. The molecule has 27 heavy (non-hydrogen) atoms. The predicted molar refractivity (Wildman–Crippen MR) is 106 cm³/mol. The lowest BCUT2D eigenvalue weighted by Crippen LogP contribution is -2.38. The van der Waals surface area contributed by atoms with E-state index in [2.05, 4.69) is 10.6 Å². The number of thiocarbonyl (C=S) groups is 1. The number of carbonyl (C=O) groups is 1. The van der Waals surface area contributed by atoms with Gasteiger partial charge in [-0.15, -0.1) is 0 Å². The molecule has 1 heterocycles. The monoisotopic (exact) mass is 392 g/mol. The Hall–Kier alpha value is -2.74. The first-order chi connectivity index (χ1) is 13.1. The average Bonchev–Trinajstić information content (AvgIpc) is 3.16. The van der Waals surface area contributed by atoms with Gasteiger partial charge in [-0.25, -0.2) is 0 Å². The Kier molecular flexibility index (Phi) is 7.94. The van der Waals surface area contributed by atoms with Gasteiger partial charge in [-0.05, 0) is 57.3 Å². The topological polar surface area (TPSA) is 82.0 Å². The zero-order valence-electron chi connectivity index (χ0n) is 15.7. The summed E-state index contributed by atoms with van der Waals surface area (Å²) in [4.78, 5) is 12.6. The largest absolute Gasteiger partial charge is 0.490 e. The van der Waals surface area contributed by atoms with Crippen molar-refractivity contribution in [2.45, 2.75) is 27.3 Å². The normalized spacial score (nSPS) is 10.2. The molecule has 0 atom stereocenters. The Bertz CT molecular complexity index is 734. The number of amides is 1. The first-order valence-electron chi connectivity index (χ1n) is 8.76. The van der Waals surface area contributed by atoms with Crippen LogP contribution in [0.25, 0.3) is 0 Å². The van der Waals surface area contributed by atoms with Gasteiger partial charge < -0.3 is 23.9 Å². The van der Waals surface area contributed by atoms with Crippen molar-refractivity contribution in [2.75, 3.05) is 19.8 Å². The highest BCUT2D eigenvalue weighted by Crippen LogP contribution is 2.39. The summed E-state index contributed by atoms with van der Waals surface area (Å²) in [5, 5.41) is 5.75. The van der Waals surface area contributed by atoms with Crippen molar-refractivity contribution >= 4 is 23.2 Å². The molecule has 2 N–H and O–H groups in total. The summed E-state index contributed by atoms with van der Waals surface area (Å²) in [7, 11) is 0. The van der Waals surface area contributed by atoms with Crippen LogP contribution >= 0.6 is 12.2 Å². The molecule has 0 bridgehead atoms. The highest BCUT2D eigenvalue weighted by Gasteiger charge is 2.19. The van der Waals surface area contributed by atoms with Gasteiger partial charge >= 0.3 is 0 Å². The molecule has 0 aliphatic heterocycles. The first-order valence-corrected chi connectivity index (χ1v) is 9.17. The van der Waals surface area contributed by atoms with Gasteiger partial charge in [-0.3, -0.25) is 10.1 Å². The van der Waals surface area contributed by atoms with Gasteiger partial charge in [-0.2, -0.15) is 0 Å². The minimum atomic E-state index is -0.378. The van der Waals surface area contributed by atoms with Gasteiger partial charge in [-0.1, -0.05) is 0 Å². The van der Waals surface area contributed by atoms with Gasteiger partial charge in [0.2, 0.25) is 5.75 Å². The zero-order valence-corrected chi connectivity index (χ0v) is 16.5. The molecule has 1 aromatic carbocycles. The Morgan fingerprint density at radius 1 is 1.07 bits per heavy atom. The van der Waals surface area contributed by atoms with Crippen LogP contribution in [-0.2, 0) is 6.54 Å². The predicted octanol–water partition coefficient (Wildman–Crippen LogP) is 3.28. The molecule has 0 fully saturated rings. The van der Waals surface area contributed by atoms with Crippen molar-refractivity contribution < 1.29 is 23.4 Å². The van der Waals surface area contributed by atoms with Crippen LogP contribution in [0.2, 0.25) is 0 Å². The van der Waals surface area contributed by atoms with E-state index in [0.717, 1.165) is 0 Å². The van der Waals surface area contributed by atoms with Gasteiger partial charge in [0.15, 0.2) is 16.6 Å². The number of carbonyl (C=O) groups excluding carboxylic acids is 1. The number of furan rings is 1. The van der Waals surface area contributed by atoms with Gasteiger partial charge in [0.25, 0.3) is 5.91 Å². The minimum Gasteiger partial charge on any atom is -0.490 e. The minimum absolute atomic E-state index is 0.196. The lowest BCUT2D eigenvalue weighted by molar-refractivity contribution is 0.0975. The van der Waals surface area contributed by atoms with Crippen molar-refractivity contribution in [2.24, 2.45) is 0 Å². The van der Waals surface area contributed by atoms with E-state index in [1.54, 1.807) is 24.5 Å². The van der Waals surface area contributed by atoms with Crippen molar-refractivity contribution in [1.29, 1.82) is 0 Å². The molecule has 1 aromatic heterocycles. The van der Waals surface area contributed by atoms with E-state index >= 15 is 0 Å². The Balaban J connectivity index is 2.14. The maximum Gasteiger partial charge on any atom is 0.257 e. The second-order valence-corrected chi connectivity index (χ2v) is 5.73. The van der Waals surface area contributed by atoms with Crippen LogP contribution in [0.4, 0.5) is 0 Å². The summed E-state index contributed by atoms with van der Waals surface area (Å²) in [6.45, 7) is 7.28. The summed E-state index contributed by atoms with van der Waals surface area (Å²) in [5.41, 5.74) is 0.354. The SMILES string of the molecule is CCOc1cc(C(=O)NC(=S)NCc2ccco2)cc(OCC)c1OCC. The molecule has 0 aliphatic rings. The van der Waals surface area contributed by atoms with Gasteiger partial charge in [0.05, 0.1) is 32.6 Å². The number of nitrogens with one attached hydrogen (secondary N) is 2. The summed E-state index contributed by atoms with van der Waals surface area (Å²) in [5.74, 6) is 1.72. The lowest BCUT2D eigenvalue weighted by Gasteiger charge is -2.17. The Morgan fingerprint density at radius 2 is 1.70 bits per heavy atom. The molecule has 0 saturated carbocycles. The Labute approximate surface area is 164 Å². The van der Waals surface area contributed by atoms with Gasteiger partial charge in [0.1, 0.15) is 5.76 Å². The van der Waals surface area contributed by atoms with Gasteiger partial charge in [0, 0.05) is 5.56 Å². The van der Waals surface area contributed by atoms with Crippen LogP contribution < -0.4 is 24.8 Å². The maximum absolute atomic E-state index is 12.6. The van der Waals surface area contributed by atoms with Crippen molar-refractivity contribution in [3.63, 3.8) is 0 Å². The number of hydrogen-bond donors (Lipinski definition) is 2. The summed E-state index contributed by atoms with van der Waals surface area (Å²) < 4.78 is 22.1. The fraction of sp³-hybridized carbons (Fsp3) is 0.368. The highest BCUT2D eigenvalue weighted by atomic mass is 32.1. The molecule has 1 amide bonds. The van der Waals surface area contributed by atoms with Crippen molar-refractivity contribution in [1.82, 2.24) is 10.6 Å². The number of benzene rings is 1. The van der Waals surface area contributed by atoms with Crippen LogP contribution in [-0.4, -0.2) is 30.8 Å². The maximum atomic E-state index is 12.6. The number of rotatable bonds is 9. The highest BCUT2D eigenvalue weighted by molar-refractivity contribution is 7.80. The molecule has 2 aromatic rings. The molecule has 8 heteroatoms. The van der Waals surface area contributed by atoms with E-state index in [-0.39, 0.29) is 11.0 Å². The standard InChI is InChI=1S/C19H24N2O5S/c1-4-23-15-10-13(11-16(24-5-2)17(15)25-6-3)18(22)21-19(27)20-12-14-8-7-9-26-14/h7-11H,4-6,12H2,1-3H3,(H2,20,21,22,27). The Morgan fingerprint density at radius 3 is 2.22 bits per heavy atom. The zero-order chi connectivity index (χ0) is 19.6. The van der Waals surface area contributed by atoms with E-state index in [1.807, 2.05) is 26.8 Å². The van der Waals surface area contributed by atoms with E-state index in [1.165, 1.54) is 0 Å². The second-order valence-electron chi connectivity index (χ2n) is 5.32. The molecule has 146 valence electrons. The molecule has 0 spiro atoms. The molecule has 0 unspecified atom stereocenters. The van der Waals surface area contributed by atoms with Crippen molar-refractivity contribution in [3.8, 4) is 17.2 Å². The third-order valence-electron chi connectivity index (χ3n) is 3.40. The smallest absolute Gasteiger partial charge is 0.257 e. The third kappa shape index (κ3) is 5.89. The van der Waals surface area contributed by atoms with Crippen LogP contribution in [0.1, 0.15) is 36.9 Å². The molecule has 2 rings (SSSR count). The fourth-order valence-corrected chi connectivity index (χ4v) is 2.48. The average molecular weight is 392 g/mol.